The van der Waals surface area contributed by atoms with E-state index in [4.69, 9.17) is 9.47 Å². The molecule has 2 aromatic rings. The molecule has 1 N–H and O–H groups in total. The summed E-state index contributed by atoms with van der Waals surface area (Å²) in [5.41, 5.74) is 0. The van der Waals surface area contributed by atoms with Gasteiger partial charge in [-0.1, -0.05) is 0 Å². The van der Waals surface area contributed by atoms with Gasteiger partial charge in [0, 0.05) is 25.4 Å². The van der Waals surface area contributed by atoms with Gasteiger partial charge in [0.2, 0.25) is 17.7 Å². The largest absolute Gasteiger partial charge is 0.439 e. The summed E-state index contributed by atoms with van der Waals surface area (Å²) < 4.78 is 23.7. The van der Waals surface area contributed by atoms with Crippen molar-refractivity contribution in [2.75, 3.05) is 31.6 Å². The van der Waals surface area contributed by atoms with Gasteiger partial charge < -0.3 is 19.7 Å². The molecule has 0 saturated carbocycles. The second-order valence-electron chi connectivity index (χ2n) is 5.58. The van der Waals surface area contributed by atoms with Gasteiger partial charge in [-0.25, -0.2) is 9.37 Å². The van der Waals surface area contributed by atoms with E-state index in [1.807, 2.05) is 0 Å². The predicted molar refractivity (Wildman–Crippen MR) is 89.0 cm³/mol. The highest BCUT2D eigenvalue weighted by Gasteiger charge is 2.22. The molecule has 0 radical (unpaired) electrons. The highest BCUT2D eigenvalue weighted by Crippen LogP contribution is 2.20. The first-order valence-corrected chi connectivity index (χ1v) is 8.01. The Hall–Kier alpha value is -2.74. The van der Waals surface area contributed by atoms with Crippen molar-refractivity contribution in [3.63, 3.8) is 0 Å². The van der Waals surface area contributed by atoms with Crippen LogP contribution in [0.3, 0.4) is 0 Å². The molecule has 1 aromatic carbocycles. The number of anilines is 1. The summed E-state index contributed by atoms with van der Waals surface area (Å²) in [6.07, 6.45) is 1.53. The number of carbonyl (C=O) groups is 1. The van der Waals surface area contributed by atoms with E-state index in [9.17, 15) is 9.18 Å². The van der Waals surface area contributed by atoms with Crippen molar-refractivity contribution in [2.45, 2.75) is 13.0 Å². The lowest BCUT2D eigenvalue weighted by Crippen LogP contribution is -2.47. The minimum atomic E-state index is -0.473. The number of halogens is 1. The maximum atomic E-state index is 12.9. The van der Waals surface area contributed by atoms with Crippen LogP contribution in [0.15, 0.2) is 36.5 Å². The molecule has 1 aromatic heterocycles. The fraction of sp³-hybridized carbons (Fsp3) is 0.353. The van der Waals surface area contributed by atoms with E-state index in [1.54, 1.807) is 17.9 Å². The Kier molecular flexibility index (Phi) is 5.39. The molecule has 1 aliphatic rings. The molecule has 0 bridgehead atoms. The van der Waals surface area contributed by atoms with Gasteiger partial charge in [-0.3, -0.25) is 4.79 Å². The van der Waals surface area contributed by atoms with Crippen LogP contribution >= 0.6 is 0 Å². The minimum absolute atomic E-state index is 0.0308. The fourth-order valence-corrected chi connectivity index (χ4v) is 2.40. The van der Waals surface area contributed by atoms with E-state index in [-0.39, 0.29) is 17.7 Å². The van der Waals surface area contributed by atoms with E-state index in [2.05, 4.69) is 15.3 Å². The van der Waals surface area contributed by atoms with Gasteiger partial charge in [0.15, 0.2) is 0 Å². The number of nitrogens with zero attached hydrogens (tertiary/aromatic N) is 3. The molecular formula is C17H19FN4O3. The third kappa shape index (κ3) is 4.63. The summed E-state index contributed by atoms with van der Waals surface area (Å²) in [5.74, 6) is 0.678. The zero-order chi connectivity index (χ0) is 17.6. The summed E-state index contributed by atoms with van der Waals surface area (Å²) in [7, 11) is 0. The number of aromatic nitrogens is 2. The maximum Gasteiger partial charge on any atom is 0.245 e. The van der Waals surface area contributed by atoms with Crippen LogP contribution < -0.4 is 10.1 Å². The van der Waals surface area contributed by atoms with E-state index in [0.29, 0.717) is 37.9 Å². The molecule has 1 unspecified atom stereocenters. The van der Waals surface area contributed by atoms with Gasteiger partial charge in [0.25, 0.3) is 0 Å². The normalized spacial score (nSPS) is 15.5. The van der Waals surface area contributed by atoms with Gasteiger partial charge in [-0.2, -0.15) is 4.98 Å². The first-order chi connectivity index (χ1) is 12.1. The molecule has 132 valence electrons. The topological polar surface area (TPSA) is 76.6 Å². The van der Waals surface area contributed by atoms with Gasteiger partial charge in [-0.15, -0.1) is 0 Å². The highest BCUT2D eigenvalue weighted by molar-refractivity contribution is 5.83. The number of morpholine rings is 1. The number of carbonyl (C=O) groups excluding carboxylic acids is 1. The molecule has 0 spiro atoms. The average Bonchev–Trinajstić information content (AvgIpc) is 2.64. The lowest BCUT2D eigenvalue weighted by molar-refractivity contribution is -0.135. The van der Waals surface area contributed by atoms with Crippen LogP contribution in [0.2, 0.25) is 0 Å². The summed E-state index contributed by atoms with van der Waals surface area (Å²) in [4.78, 5) is 22.5. The van der Waals surface area contributed by atoms with Crippen molar-refractivity contribution in [2.24, 2.45) is 0 Å². The summed E-state index contributed by atoms with van der Waals surface area (Å²) >= 11 is 0. The van der Waals surface area contributed by atoms with Crippen molar-refractivity contribution < 1.29 is 18.7 Å². The molecule has 1 fully saturated rings. The van der Waals surface area contributed by atoms with Gasteiger partial charge in [-0.05, 0) is 31.2 Å². The zero-order valence-corrected chi connectivity index (χ0v) is 13.8. The number of hydrogen-bond acceptors (Lipinski definition) is 6. The standard InChI is InChI=1S/C17H19FN4O3/c1-12(16(23)22-8-10-24-11-9-22)20-17-19-7-6-15(21-17)25-14-4-2-13(18)3-5-14/h2-7,12H,8-11H2,1H3,(H,19,20,21). The number of amides is 1. The average molecular weight is 346 g/mol. The molecular weight excluding hydrogens is 327 g/mol. The molecule has 1 aliphatic heterocycles. The number of nitrogens with one attached hydrogen (secondary N) is 1. The predicted octanol–water partition coefficient (Wildman–Crippen LogP) is 2.07. The fourth-order valence-electron chi connectivity index (χ4n) is 2.40. The second kappa shape index (κ2) is 7.89. The quantitative estimate of drug-likeness (QED) is 0.893. The molecule has 1 atom stereocenters. The smallest absolute Gasteiger partial charge is 0.245 e. The Morgan fingerprint density at radius 2 is 2.00 bits per heavy atom. The second-order valence-corrected chi connectivity index (χ2v) is 5.58. The number of benzene rings is 1. The molecule has 1 saturated heterocycles. The summed E-state index contributed by atoms with van der Waals surface area (Å²) in [6, 6.07) is 6.74. The molecule has 7 nitrogen and oxygen atoms in total. The van der Waals surface area contributed by atoms with Crippen LogP contribution in [0, 0.1) is 5.82 Å². The third-order valence-electron chi connectivity index (χ3n) is 3.70. The Morgan fingerprint density at radius 1 is 1.28 bits per heavy atom. The van der Waals surface area contributed by atoms with E-state index in [1.165, 1.54) is 30.5 Å². The lowest BCUT2D eigenvalue weighted by Gasteiger charge is -2.29. The van der Waals surface area contributed by atoms with Crippen molar-refractivity contribution in [1.82, 2.24) is 14.9 Å². The number of rotatable bonds is 5. The van der Waals surface area contributed by atoms with Crippen LogP contribution in [0.4, 0.5) is 10.3 Å². The Labute approximate surface area is 144 Å². The lowest BCUT2D eigenvalue weighted by atomic mass is 10.2. The van der Waals surface area contributed by atoms with Crippen LogP contribution in [0.25, 0.3) is 0 Å². The first kappa shape index (κ1) is 17.1. The maximum absolute atomic E-state index is 12.9. The summed E-state index contributed by atoms with van der Waals surface area (Å²) in [5, 5.41) is 2.98. The van der Waals surface area contributed by atoms with Crippen LogP contribution in [-0.2, 0) is 9.53 Å². The van der Waals surface area contributed by atoms with Crippen LogP contribution in [0.1, 0.15) is 6.92 Å². The third-order valence-corrected chi connectivity index (χ3v) is 3.70. The van der Waals surface area contributed by atoms with Crippen molar-refractivity contribution in [3.8, 4) is 11.6 Å². The number of ether oxygens (including phenoxy) is 2. The minimum Gasteiger partial charge on any atom is -0.439 e. The van der Waals surface area contributed by atoms with Gasteiger partial charge >= 0.3 is 0 Å². The number of hydrogen-bond donors (Lipinski definition) is 1. The first-order valence-electron chi connectivity index (χ1n) is 8.01. The van der Waals surface area contributed by atoms with Crippen LogP contribution in [0.5, 0.6) is 11.6 Å². The van der Waals surface area contributed by atoms with E-state index < -0.39 is 6.04 Å². The van der Waals surface area contributed by atoms with E-state index >= 15 is 0 Å². The SMILES string of the molecule is CC(Nc1nccc(Oc2ccc(F)cc2)n1)C(=O)N1CCOCC1. The Morgan fingerprint density at radius 3 is 2.72 bits per heavy atom. The highest BCUT2D eigenvalue weighted by atomic mass is 19.1. The summed E-state index contributed by atoms with van der Waals surface area (Å²) in [6.45, 7) is 4.03. The molecule has 8 heteroatoms. The Bertz CT molecular complexity index is 720. The van der Waals surface area contributed by atoms with E-state index in [0.717, 1.165) is 0 Å². The molecule has 0 aliphatic carbocycles. The van der Waals surface area contributed by atoms with Crippen molar-refractivity contribution in [1.29, 1.82) is 0 Å². The Balaban J connectivity index is 1.62. The van der Waals surface area contributed by atoms with Gasteiger partial charge in [0.1, 0.15) is 17.6 Å². The van der Waals surface area contributed by atoms with Crippen molar-refractivity contribution in [3.05, 3.63) is 42.3 Å². The molecule has 25 heavy (non-hydrogen) atoms. The zero-order valence-electron chi connectivity index (χ0n) is 13.8. The van der Waals surface area contributed by atoms with Gasteiger partial charge in [0.05, 0.1) is 13.2 Å². The molecule has 3 rings (SSSR count). The van der Waals surface area contributed by atoms with Crippen LogP contribution in [-0.4, -0.2) is 53.1 Å². The molecule has 2 heterocycles. The monoisotopic (exact) mass is 346 g/mol. The molecule has 1 amide bonds. The van der Waals surface area contributed by atoms with Crippen molar-refractivity contribution >= 4 is 11.9 Å².